The molecule has 0 radical (unpaired) electrons. The van der Waals surface area contributed by atoms with E-state index in [0.29, 0.717) is 23.1 Å². The van der Waals surface area contributed by atoms with Gasteiger partial charge in [0.05, 0.1) is 5.69 Å². The molecule has 7 nitrogen and oxygen atoms in total. The van der Waals surface area contributed by atoms with E-state index < -0.39 is 0 Å². The van der Waals surface area contributed by atoms with Gasteiger partial charge in [-0.2, -0.15) is 4.68 Å². The molecule has 0 atom stereocenters. The number of halogens is 1. The van der Waals surface area contributed by atoms with Gasteiger partial charge in [-0.25, -0.2) is 4.39 Å². The molecule has 0 saturated heterocycles. The Kier molecular flexibility index (Phi) is 3.42. The van der Waals surface area contributed by atoms with Crippen LogP contribution in [0, 0.1) is 12.7 Å². The lowest BCUT2D eigenvalue weighted by molar-refractivity contribution is 0.400. The quantitative estimate of drug-likeness (QED) is 0.791. The van der Waals surface area contributed by atoms with E-state index in [9.17, 15) is 4.39 Å². The van der Waals surface area contributed by atoms with Crippen LogP contribution in [0.1, 0.15) is 11.6 Å². The Hall–Kier alpha value is -3.03. The Morgan fingerprint density at radius 1 is 1.29 bits per heavy atom. The van der Waals surface area contributed by atoms with Gasteiger partial charge < -0.3 is 9.84 Å². The van der Waals surface area contributed by atoms with Crippen LogP contribution in [0.25, 0.3) is 11.8 Å². The summed E-state index contributed by atoms with van der Waals surface area (Å²) in [6.07, 6.45) is 3.32. The smallest absolute Gasteiger partial charge is 0.181 e. The van der Waals surface area contributed by atoms with Crippen LogP contribution in [0.2, 0.25) is 0 Å². The molecule has 0 bridgehead atoms. The molecule has 0 spiro atoms. The largest absolute Gasteiger partial charge is 0.360 e. The summed E-state index contributed by atoms with van der Waals surface area (Å²) in [6, 6.07) is 7.64. The molecule has 0 aliphatic rings. The standard InChI is InChI=1S/C13H11FN6O/c1-9-8-12(17-21-9)15-7-6-13-16-18-19-20(13)11-4-2-10(14)3-5-11/h2-8H,1H3,(H,15,17)/b7-6-. The highest BCUT2D eigenvalue weighted by molar-refractivity contribution is 5.49. The monoisotopic (exact) mass is 286 g/mol. The maximum absolute atomic E-state index is 12.9. The van der Waals surface area contributed by atoms with Crippen molar-refractivity contribution in [3.8, 4) is 5.69 Å². The number of tetrazole rings is 1. The van der Waals surface area contributed by atoms with Crippen molar-refractivity contribution in [1.29, 1.82) is 0 Å². The molecule has 0 fully saturated rings. The summed E-state index contributed by atoms with van der Waals surface area (Å²) in [7, 11) is 0. The Balaban J connectivity index is 1.77. The van der Waals surface area contributed by atoms with Crippen molar-refractivity contribution in [2.45, 2.75) is 6.92 Å². The lowest BCUT2D eigenvalue weighted by atomic mass is 10.3. The van der Waals surface area contributed by atoms with Gasteiger partial charge in [0.1, 0.15) is 11.6 Å². The summed E-state index contributed by atoms with van der Waals surface area (Å²) in [5.41, 5.74) is 0.665. The third kappa shape index (κ3) is 2.94. The van der Waals surface area contributed by atoms with Gasteiger partial charge in [-0.3, -0.25) is 0 Å². The summed E-state index contributed by atoms with van der Waals surface area (Å²) in [5, 5.41) is 18.1. The summed E-state index contributed by atoms with van der Waals surface area (Å²) in [4.78, 5) is 0. The first kappa shape index (κ1) is 13.0. The second-order valence-electron chi connectivity index (χ2n) is 4.23. The maximum Gasteiger partial charge on any atom is 0.181 e. The second kappa shape index (κ2) is 5.53. The van der Waals surface area contributed by atoms with Crippen LogP contribution in [0.4, 0.5) is 10.2 Å². The van der Waals surface area contributed by atoms with E-state index >= 15 is 0 Å². The van der Waals surface area contributed by atoms with Gasteiger partial charge in [0.25, 0.3) is 0 Å². The molecule has 3 rings (SSSR count). The predicted octanol–water partition coefficient (Wildman–Crippen LogP) is 2.18. The van der Waals surface area contributed by atoms with Crippen molar-refractivity contribution >= 4 is 11.9 Å². The zero-order valence-electron chi connectivity index (χ0n) is 11.1. The van der Waals surface area contributed by atoms with Gasteiger partial charge in [0.15, 0.2) is 11.6 Å². The van der Waals surface area contributed by atoms with E-state index in [1.807, 2.05) is 0 Å². The molecular formula is C13H11FN6O. The molecule has 0 amide bonds. The number of aryl methyl sites for hydroxylation is 1. The van der Waals surface area contributed by atoms with Gasteiger partial charge in [0.2, 0.25) is 0 Å². The van der Waals surface area contributed by atoms with Crippen molar-refractivity contribution < 1.29 is 8.91 Å². The average molecular weight is 286 g/mol. The zero-order chi connectivity index (χ0) is 14.7. The molecule has 0 unspecified atom stereocenters. The molecule has 8 heteroatoms. The third-order valence-corrected chi connectivity index (χ3v) is 2.66. The number of aromatic nitrogens is 5. The second-order valence-corrected chi connectivity index (χ2v) is 4.23. The number of hydrogen-bond acceptors (Lipinski definition) is 6. The van der Waals surface area contributed by atoms with Gasteiger partial charge in [-0.05, 0) is 41.6 Å². The van der Waals surface area contributed by atoms with E-state index in [1.54, 1.807) is 37.4 Å². The molecule has 0 saturated carbocycles. The molecular weight excluding hydrogens is 275 g/mol. The van der Waals surface area contributed by atoms with Crippen LogP contribution < -0.4 is 5.32 Å². The molecule has 3 aromatic rings. The highest BCUT2D eigenvalue weighted by Gasteiger charge is 2.05. The average Bonchev–Trinajstić information content (AvgIpc) is 3.09. The summed E-state index contributed by atoms with van der Waals surface area (Å²) >= 11 is 0. The lowest BCUT2D eigenvalue weighted by Crippen LogP contribution is -2.00. The summed E-state index contributed by atoms with van der Waals surface area (Å²) in [6.45, 7) is 1.80. The fourth-order valence-corrected chi connectivity index (χ4v) is 1.70. The molecule has 0 aliphatic carbocycles. The van der Waals surface area contributed by atoms with Crippen molar-refractivity contribution in [2.24, 2.45) is 0 Å². The minimum Gasteiger partial charge on any atom is -0.360 e. The number of nitrogens with zero attached hydrogens (tertiary/aromatic N) is 5. The number of rotatable bonds is 4. The fourth-order valence-electron chi connectivity index (χ4n) is 1.70. The van der Waals surface area contributed by atoms with Crippen molar-refractivity contribution in [2.75, 3.05) is 5.32 Å². The molecule has 21 heavy (non-hydrogen) atoms. The van der Waals surface area contributed by atoms with Crippen LogP contribution in [-0.4, -0.2) is 25.4 Å². The Bertz CT molecular complexity index is 761. The first-order chi connectivity index (χ1) is 10.2. The molecule has 2 aromatic heterocycles. The van der Waals surface area contributed by atoms with Crippen molar-refractivity contribution in [3.63, 3.8) is 0 Å². The molecule has 1 N–H and O–H groups in total. The van der Waals surface area contributed by atoms with Crippen LogP contribution >= 0.6 is 0 Å². The van der Waals surface area contributed by atoms with E-state index in [4.69, 9.17) is 4.52 Å². The lowest BCUT2D eigenvalue weighted by Gasteiger charge is -2.01. The Morgan fingerprint density at radius 3 is 2.81 bits per heavy atom. The predicted molar refractivity (Wildman–Crippen MR) is 73.0 cm³/mol. The first-order valence-electron chi connectivity index (χ1n) is 6.13. The SMILES string of the molecule is Cc1cc(N/C=C\c2nnnn2-c2ccc(F)cc2)no1. The first-order valence-corrected chi connectivity index (χ1v) is 6.13. The van der Waals surface area contributed by atoms with Gasteiger partial charge in [-0.15, -0.1) is 5.10 Å². The fraction of sp³-hybridized carbons (Fsp3) is 0.0769. The van der Waals surface area contributed by atoms with Crippen LogP contribution in [0.5, 0.6) is 0 Å². The number of hydrogen-bond donors (Lipinski definition) is 1. The Morgan fingerprint density at radius 2 is 2.10 bits per heavy atom. The number of benzene rings is 1. The normalized spacial score (nSPS) is 11.1. The minimum absolute atomic E-state index is 0.313. The summed E-state index contributed by atoms with van der Waals surface area (Å²) < 4.78 is 19.3. The van der Waals surface area contributed by atoms with Crippen LogP contribution in [0.3, 0.4) is 0 Å². The number of nitrogens with one attached hydrogen (secondary N) is 1. The van der Waals surface area contributed by atoms with Gasteiger partial charge in [-0.1, -0.05) is 5.16 Å². The third-order valence-electron chi connectivity index (χ3n) is 2.66. The Labute approximate surface area is 119 Å². The van der Waals surface area contributed by atoms with E-state index in [0.717, 1.165) is 0 Å². The molecule has 2 heterocycles. The van der Waals surface area contributed by atoms with E-state index in [1.165, 1.54) is 16.8 Å². The summed E-state index contributed by atoms with van der Waals surface area (Å²) in [5.74, 6) is 1.48. The van der Waals surface area contributed by atoms with Gasteiger partial charge >= 0.3 is 0 Å². The van der Waals surface area contributed by atoms with E-state index in [-0.39, 0.29) is 5.82 Å². The van der Waals surface area contributed by atoms with Crippen molar-refractivity contribution in [1.82, 2.24) is 25.4 Å². The minimum atomic E-state index is -0.313. The topological polar surface area (TPSA) is 81.7 Å². The van der Waals surface area contributed by atoms with Gasteiger partial charge in [0, 0.05) is 18.3 Å². The number of anilines is 1. The zero-order valence-corrected chi connectivity index (χ0v) is 11.1. The van der Waals surface area contributed by atoms with Crippen molar-refractivity contribution in [3.05, 3.63) is 53.9 Å². The van der Waals surface area contributed by atoms with Crippen LogP contribution in [-0.2, 0) is 0 Å². The molecule has 0 aliphatic heterocycles. The van der Waals surface area contributed by atoms with Crippen LogP contribution in [0.15, 0.2) is 41.1 Å². The maximum atomic E-state index is 12.9. The van der Waals surface area contributed by atoms with E-state index in [2.05, 4.69) is 26.0 Å². The molecule has 1 aromatic carbocycles. The molecule has 106 valence electrons. The highest BCUT2D eigenvalue weighted by Crippen LogP contribution is 2.11. The highest BCUT2D eigenvalue weighted by atomic mass is 19.1.